The standard InChI is InChI=1S/C16H16FN3O/c17-12-7-5-11(6-8-12)9-19-16(21)15-10-18-13-3-1-2-4-14(13)20-15/h1-8,15,18,20H,9-10H2,(H,19,21). The Morgan fingerprint density at radius 2 is 1.86 bits per heavy atom. The molecule has 1 aliphatic rings. The fourth-order valence-corrected chi connectivity index (χ4v) is 2.29. The number of nitrogens with one attached hydrogen (secondary N) is 3. The lowest BCUT2D eigenvalue weighted by atomic mass is 10.1. The number of anilines is 2. The Kier molecular flexibility index (Phi) is 3.73. The van der Waals surface area contributed by atoms with Crippen LogP contribution in [0, 0.1) is 5.82 Å². The molecule has 2 aromatic carbocycles. The van der Waals surface area contributed by atoms with Crippen LogP contribution in [0.25, 0.3) is 0 Å². The van der Waals surface area contributed by atoms with Gasteiger partial charge < -0.3 is 16.0 Å². The molecule has 3 N–H and O–H groups in total. The molecular formula is C16H16FN3O. The van der Waals surface area contributed by atoms with Gasteiger partial charge in [-0.2, -0.15) is 0 Å². The summed E-state index contributed by atoms with van der Waals surface area (Å²) in [6, 6.07) is 13.6. The van der Waals surface area contributed by atoms with E-state index in [1.165, 1.54) is 12.1 Å². The maximum atomic E-state index is 12.8. The average molecular weight is 285 g/mol. The molecule has 0 saturated heterocycles. The molecule has 0 bridgehead atoms. The fraction of sp³-hybridized carbons (Fsp3) is 0.188. The zero-order valence-corrected chi connectivity index (χ0v) is 11.4. The normalized spacial score (nSPS) is 16.3. The first-order valence-electron chi connectivity index (χ1n) is 6.84. The van der Waals surface area contributed by atoms with Crippen molar-refractivity contribution in [2.24, 2.45) is 0 Å². The van der Waals surface area contributed by atoms with E-state index in [2.05, 4.69) is 16.0 Å². The Labute approximate surface area is 122 Å². The molecule has 0 aliphatic carbocycles. The molecule has 21 heavy (non-hydrogen) atoms. The van der Waals surface area contributed by atoms with Gasteiger partial charge in [0, 0.05) is 13.1 Å². The maximum absolute atomic E-state index is 12.8. The van der Waals surface area contributed by atoms with E-state index in [9.17, 15) is 9.18 Å². The van der Waals surface area contributed by atoms with Crippen molar-refractivity contribution >= 4 is 17.3 Å². The van der Waals surface area contributed by atoms with Crippen LogP contribution < -0.4 is 16.0 Å². The summed E-state index contributed by atoms with van der Waals surface area (Å²) in [5, 5.41) is 9.29. The second-order valence-electron chi connectivity index (χ2n) is 4.97. The zero-order chi connectivity index (χ0) is 14.7. The van der Waals surface area contributed by atoms with Crippen molar-refractivity contribution < 1.29 is 9.18 Å². The van der Waals surface area contributed by atoms with Crippen molar-refractivity contribution in [2.45, 2.75) is 12.6 Å². The Hall–Kier alpha value is -2.56. The molecule has 0 radical (unpaired) electrons. The molecule has 108 valence electrons. The molecule has 3 rings (SSSR count). The van der Waals surface area contributed by atoms with Crippen molar-refractivity contribution in [1.29, 1.82) is 0 Å². The van der Waals surface area contributed by atoms with Gasteiger partial charge in [0.15, 0.2) is 0 Å². The third kappa shape index (κ3) is 3.13. The second kappa shape index (κ2) is 5.83. The Bertz CT molecular complexity index is 642. The summed E-state index contributed by atoms with van der Waals surface area (Å²) in [4.78, 5) is 12.2. The first-order valence-corrected chi connectivity index (χ1v) is 6.84. The van der Waals surface area contributed by atoms with Crippen LogP contribution in [0.4, 0.5) is 15.8 Å². The molecule has 4 nitrogen and oxygen atoms in total. The Morgan fingerprint density at radius 1 is 1.14 bits per heavy atom. The van der Waals surface area contributed by atoms with Gasteiger partial charge in [0.05, 0.1) is 11.4 Å². The molecule has 1 unspecified atom stereocenters. The summed E-state index contributed by atoms with van der Waals surface area (Å²) in [5.41, 5.74) is 2.79. The lowest BCUT2D eigenvalue weighted by Gasteiger charge is -2.27. The minimum atomic E-state index is -0.319. The van der Waals surface area contributed by atoms with Crippen LogP contribution in [-0.2, 0) is 11.3 Å². The van der Waals surface area contributed by atoms with E-state index in [-0.39, 0.29) is 17.8 Å². The first kappa shape index (κ1) is 13.4. The van der Waals surface area contributed by atoms with Crippen LogP contribution >= 0.6 is 0 Å². The zero-order valence-electron chi connectivity index (χ0n) is 11.4. The molecule has 0 saturated carbocycles. The second-order valence-corrected chi connectivity index (χ2v) is 4.97. The lowest BCUT2D eigenvalue weighted by Crippen LogP contribution is -2.45. The van der Waals surface area contributed by atoms with Crippen LogP contribution in [0.5, 0.6) is 0 Å². The van der Waals surface area contributed by atoms with Crippen molar-refractivity contribution in [3.63, 3.8) is 0 Å². The van der Waals surface area contributed by atoms with Gasteiger partial charge in [0.1, 0.15) is 11.9 Å². The van der Waals surface area contributed by atoms with Gasteiger partial charge >= 0.3 is 0 Å². The highest BCUT2D eigenvalue weighted by atomic mass is 19.1. The van der Waals surface area contributed by atoms with E-state index >= 15 is 0 Å². The van der Waals surface area contributed by atoms with E-state index in [1.54, 1.807) is 12.1 Å². The summed E-state index contributed by atoms with van der Waals surface area (Å²) in [6.07, 6.45) is 0. The molecule has 2 aromatic rings. The number of carbonyl (C=O) groups excluding carboxylic acids is 1. The van der Waals surface area contributed by atoms with Gasteiger partial charge in [-0.05, 0) is 29.8 Å². The van der Waals surface area contributed by atoms with Crippen LogP contribution in [0.2, 0.25) is 0 Å². The SMILES string of the molecule is O=C(NCc1ccc(F)cc1)C1CNc2ccccc2N1. The number of benzene rings is 2. The fourth-order valence-electron chi connectivity index (χ4n) is 2.29. The summed E-state index contributed by atoms with van der Waals surface area (Å²) in [7, 11) is 0. The molecule has 1 atom stereocenters. The van der Waals surface area contributed by atoms with E-state index in [0.717, 1.165) is 16.9 Å². The smallest absolute Gasteiger partial charge is 0.244 e. The molecule has 0 spiro atoms. The third-order valence-corrected chi connectivity index (χ3v) is 3.45. The minimum absolute atomic E-state index is 0.0821. The number of rotatable bonds is 3. The average Bonchev–Trinajstić information content (AvgIpc) is 2.53. The molecule has 1 aliphatic heterocycles. The highest BCUT2D eigenvalue weighted by Crippen LogP contribution is 2.25. The monoisotopic (exact) mass is 285 g/mol. The van der Waals surface area contributed by atoms with Crippen LogP contribution in [-0.4, -0.2) is 18.5 Å². The van der Waals surface area contributed by atoms with E-state index < -0.39 is 0 Å². The first-order chi connectivity index (χ1) is 10.2. The molecular weight excluding hydrogens is 269 g/mol. The highest BCUT2D eigenvalue weighted by Gasteiger charge is 2.22. The maximum Gasteiger partial charge on any atom is 0.244 e. The number of amides is 1. The highest BCUT2D eigenvalue weighted by molar-refractivity contribution is 5.88. The van der Waals surface area contributed by atoms with Gasteiger partial charge in [-0.15, -0.1) is 0 Å². The van der Waals surface area contributed by atoms with Crippen LogP contribution in [0.15, 0.2) is 48.5 Å². The Morgan fingerprint density at radius 3 is 2.62 bits per heavy atom. The lowest BCUT2D eigenvalue weighted by molar-refractivity contribution is -0.121. The van der Waals surface area contributed by atoms with Gasteiger partial charge in [0.25, 0.3) is 0 Å². The number of hydrogen-bond donors (Lipinski definition) is 3. The number of hydrogen-bond acceptors (Lipinski definition) is 3. The molecule has 0 aromatic heterocycles. The predicted octanol–water partition coefficient (Wildman–Crippen LogP) is 2.35. The molecule has 0 fully saturated rings. The van der Waals surface area contributed by atoms with Gasteiger partial charge in [-0.25, -0.2) is 4.39 Å². The van der Waals surface area contributed by atoms with Crippen molar-refractivity contribution in [1.82, 2.24) is 5.32 Å². The number of carbonyl (C=O) groups is 1. The van der Waals surface area contributed by atoms with Crippen molar-refractivity contribution in [3.05, 3.63) is 59.9 Å². The van der Waals surface area contributed by atoms with E-state index in [4.69, 9.17) is 0 Å². The Balaban J connectivity index is 1.58. The number of halogens is 1. The quantitative estimate of drug-likeness (QED) is 0.811. The van der Waals surface area contributed by atoms with Gasteiger partial charge in [0.2, 0.25) is 5.91 Å². The van der Waals surface area contributed by atoms with Gasteiger partial charge in [-0.1, -0.05) is 24.3 Å². The van der Waals surface area contributed by atoms with E-state index in [0.29, 0.717) is 13.1 Å². The number of fused-ring (bicyclic) bond motifs is 1. The van der Waals surface area contributed by atoms with Crippen LogP contribution in [0.3, 0.4) is 0 Å². The molecule has 1 amide bonds. The molecule has 1 heterocycles. The summed E-state index contributed by atoms with van der Waals surface area (Å²) in [5.74, 6) is -0.360. The third-order valence-electron chi connectivity index (χ3n) is 3.45. The van der Waals surface area contributed by atoms with Crippen molar-refractivity contribution in [3.8, 4) is 0 Å². The number of para-hydroxylation sites is 2. The summed E-state index contributed by atoms with van der Waals surface area (Å²) in [6.45, 7) is 0.922. The predicted molar refractivity (Wildman–Crippen MR) is 80.6 cm³/mol. The minimum Gasteiger partial charge on any atom is -0.381 e. The van der Waals surface area contributed by atoms with E-state index in [1.807, 2.05) is 24.3 Å². The largest absolute Gasteiger partial charge is 0.381 e. The van der Waals surface area contributed by atoms with Crippen molar-refractivity contribution in [2.75, 3.05) is 17.2 Å². The molecule has 5 heteroatoms. The summed E-state index contributed by atoms with van der Waals surface area (Å²) < 4.78 is 12.8. The van der Waals surface area contributed by atoms with Gasteiger partial charge in [-0.3, -0.25) is 4.79 Å². The topological polar surface area (TPSA) is 53.2 Å². The van der Waals surface area contributed by atoms with Crippen LogP contribution in [0.1, 0.15) is 5.56 Å². The summed E-state index contributed by atoms with van der Waals surface area (Å²) >= 11 is 0.